The van der Waals surface area contributed by atoms with Crippen molar-refractivity contribution in [2.24, 2.45) is 5.92 Å². The first kappa shape index (κ1) is 20.7. The van der Waals surface area contributed by atoms with Gasteiger partial charge in [-0.05, 0) is 49.2 Å². The normalized spacial score (nSPS) is 19.6. The monoisotopic (exact) mass is 430 g/mol. The summed E-state index contributed by atoms with van der Waals surface area (Å²) in [6, 6.07) is 14.2. The fourth-order valence-corrected chi connectivity index (χ4v) is 5.34. The van der Waals surface area contributed by atoms with Crippen LogP contribution in [0.15, 0.2) is 53.4 Å². The number of para-hydroxylation sites is 1. The van der Waals surface area contributed by atoms with E-state index in [4.69, 9.17) is 9.47 Å². The molecule has 0 unspecified atom stereocenters. The molecule has 0 bridgehead atoms. The summed E-state index contributed by atoms with van der Waals surface area (Å²) in [7, 11) is -3.59. The lowest BCUT2D eigenvalue weighted by Crippen LogP contribution is -2.52. The number of piperazine rings is 1. The third-order valence-electron chi connectivity index (χ3n) is 5.55. The fourth-order valence-electron chi connectivity index (χ4n) is 3.92. The Kier molecular flexibility index (Phi) is 5.97. The Morgan fingerprint density at radius 2 is 1.77 bits per heavy atom. The van der Waals surface area contributed by atoms with Gasteiger partial charge in [0, 0.05) is 26.2 Å². The molecule has 8 heteroatoms. The zero-order valence-electron chi connectivity index (χ0n) is 17.0. The molecular formula is C22H26N2O5S. The number of nitrogens with zero attached hydrogens (tertiary/aromatic N) is 2. The molecule has 4 rings (SSSR count). The molecule has 0 N–H and O–H groups in total. The van der Waals surface area contributed by atoms with E-state index in [1.165, 1.54) is 4.31 Å². The summed E-state index contributed by atoms with van der Waals surface area (Å²) in [6.07, 6.45) is 0.652. The summed E-state index contributed by atoms with van der Waals surface area (Å²) < 4.78 is 38.4. The predicted octanol–water partition coefficient (Wildman–Crippen LogP) is 2.17. The minimum absolute atomic E-state index is 0.0302. The van der Waals surface area contributed by atoms with Crippen LogP contribution in [0.4, 0.5) is 0 Å². The first-order chi connectivity index (χ1) is 14.5. The number of ether oxygens (including phenoxy) is 2. The Morgan fingerprint density at radius 3 is 2.47 bits per heavy atom. The van der Waals surface area contributed by atoms with Gasteiger partial charge in [-0.15, -0.1) is 0 Å². The topological polar surface area (TPSA) is 76.2 Å². The van der Waals surface area contributed by atoms with E-state index in [-0.39, 0.29) is 29.8 Å². The van der Waals surface area contributed by atoms with Gasteiger partial charge in [-0.1, -0.05) is 18.2 Å². The van der Waals surface area contributed by atoms with Crippen molar-refractivity contribution in [2.75, 3.05) is 39.4 Å². The average Bonchev–Trinajstić information content (AvgIpc) is 2.79. The van der Waals surface area contributed by atoms with Crippen molar-refractivity contribution >= 4 is 15.9 Å². The maximum absolute atomic E-state index is 13.0. The van der Waals surface area contributed by atoms with Crippen LogP contribution in [0.25, 0.3) is 0 Å². The highest BCUT2D eigenvalue weighted by atomic mass is 32.2. The van der Waals surface area contributed by atoms with Crippen LogP contribution in [0.3, 0.4) is 0 Å². The fraction of sp³-hybridized carbons (Fsp3) is 0.409. The molecule has 2 aliphatic rings. The van der Waals surface area contributed by atoms with E-state index in [2.05, 4.69) is 0 Å². The van der Waals surface area contributed by atoms with Crippen molar-refractivity contribution in [3.8, 4) is 11.5 Å². The van der Waals surface area contributed by atoms with Crippen molar-refractivity contribution < 1.29 is 22.7 Å². The third kappa shape index (κ3) is 4.15. The predicted molar refractivity (Wildman–Crippen MR) is 112 cm³/mol. The lowest BCUT2D eigenvalue weighted by molar-refractivity contribution is -0.138. The van der Waals surface area contributed by atoms with E-state index in [9.17, 15) is 13.2 Å². The van der Waals surface area contributed by atoms with Gasteiger partial charge in [-0.2, -0.15) is 4.31 Å². The molecule has 2 aromatic carbocycles. The minimum atomic E-state index is -3.59. The molecule has 160 valence electrons. The number of rotatable bonds is 5. The highest BCUT2D eigenvalue weighted by Gasteiger charge is 2.34. The first-order valence-corrected chi connectivity index (χ1v) is 11.7. The van der Waals surface area contributed by atoms with Crippen LogP contribution in [0.5, 0.6) is 11.5 Å². The van der Waals surface area contributed by atoms with E-state index >= 15 is 0 Å². The summed E-state index contributed by atoms with van der Waals surface area (Å²) in [6.45, 7) is 4.10. The van der Waals surface area contributed by atoms with Crippen LogP contribution in [-0.2, 0) is 21.2 Å². The molecule has 0 aliphatic carbocycles. The Bertz CT molecular complexity index is 998. The molecule has 2 aromatic rings. The summed E-state index contributed by atoms with van der Waals surface area (Å²) in [5, 5.41) is 0. The summed E-state index contributed by atoms with van der Waals surface area (Å²) >= 11 is 0. The van der Waals surface area contributed by atoms with Gasteiger partial charge in [0.05, 0.1) is 17.4 Å². The van der Waals surface area contributed by atoms with Crippen molar-refractivity contribution in [2.45, 2.75) is 18.2 Å². The molecule has 2 heterocycles. The Balaban J connectivity index is 1.37. The summed E-state index contributed by atoms with van der Waals surface area (Å²) in [5.41, 5.74) is 1.04. The molecule has 1 saturated heterocycles. The standard InChI is InChI=1S/C22H26N2O5S/c1-2-28-19-7-9-20(10-8-19)30(26,27)24-13-11-23(12-14-24)22(25)18-15-17-5-3-4-6-21(17)29-16-18/h3-10,18H,2,11-16H2,1H3/t18-/m1/s1. The van der Waals surface area contributed by atoms with Gasteiger partial charge >= 0.3 is 0 Å². The zero-order chi connectivity index (χ0) is 21.1. The lowest BCUT2D eigenvalue weighted by atomic mass is 9.95. The van der Waals surface area contributed by atoms with Crippen LogP contribution in [0.2, 0.25) is 0 Å². The highest BCUT2D eigenvalue weighted by Crippen LogP contribution is 2.28. The quantitative estimate of drug-likeness (QED) is 0.727. The first-order valence-electron chi connectivity index (χ1n) is 10.2. The number of amides is 1. The van der Waals surface area contributed by atoms with Gasteiger partial charge in [0.15, 0.2) is 0 Å². The molecule has 0 saturated carbocycles. The second-order valence-corrected chi connectivity index (χ2v) is 9.39. The molecule has 7 nitrogen and oxygen atoms in total. The van der Waals surface area contributed by atoms with E-state index in [1.807, 2.05) is 31.2 Å². The number of carbonyl (C=O) groups excluding carboxylic acids is 1. The van der Waals surface area contributed by atoms with Gasteiger partial charge in [0.2, 0.25) is 15.9 Å². The number of carbonyl (C=O) groups is 1. The molecule has 30 heavy (non-hydrogen) atoms. The number of benzene rings is 2. The van der Waals surface area contributed by atoms with E-state index in [0.29, 0.717) is 38.5 Å². The second kappa shape index (κ2) is 8.65. The zero-order valence-corrected chi connectivity index (χ0v) is 17.8. The molecule has 0 aromatic heterocycles. The number of hydrogen-bond acceptors (Lipinski definition) is 5. The number of hydrogen-bond donors (Lipinski definition) is 0. The van der Waals surface area contributed by atoms with Crippen LogP contribution < -0.4 is 9.47 Å². The highest BCUT2D eigenvalue weighted by molar-refractivity contribution is 7.89. The largest absolute Gasteiger partial charge is 0.494 e. The smallest absolute Gasteiger partial charge is 0.243 e. The molecule has 1 amide bonds. The van der Waals surface area contributed by atoms with E-state index in [1.54, 1.807) is 29.2 Å². The van der Waals surface area contributed by atoms with Crippen LogP contribution in [0.1, 0.15) is 12.5 Å². The van der Waals surface area contributed by atoms with Gasteiger partial charge in [-0.3, -0.25) is 4.79 Å². The van der Waals surface area contributed by atoms with Crippen molar-refractivity contribution in [1.82, 2.24) is 9.21 Å². The van der Waals surface area contributed by atoms with Crippen LogP contribution >= 0.6 is 0 Å². The van der Waals surface area contributed by atoms with Crippen LogP contribution in [-0.4, -0.2) is 62.9 Å². The minimum Gasteiger partial charge on any atom is -0.494 e. The SMILES string of the molecule is CCOc1ccc(S(=O)(=O)N2CCN(C(=O)[C@H]3COc4ccccc4C3)CC2)cc1. The Labute approximate surface area is 177 Å². The summed E-state index contributed by atoms with van der Waals surface area (Å²) in [4.78, 5) is 14.9. The van der Waals surface area contributed by atoms with Gasteiger partial charge in [0.1, 0.15) is 18.1 Å². The van der Waals surface area contributed by atoms with Crippen molar-refractivity contribution in [1.29, 1.82) is 0 Å². The van der Waals surface area contributed by atoms with E-state index in [0.717, 1.165) is 11.3 Å². The molecule has 0 radical (unpaired) electrons. The average molecular weight is 431 g/mol. The van der Waals surface area contributed by atoms with Gasteiger partial charge in [-0.25, -0.2) is 8.42 Å². The van der Waals surface area contributed by atoms with Crippen molar-refractivity contribution in [3.05, 3.63) is 54.1 Å². The second-order valence-electron chi connectivity index (χ2n) is 7.45. The molecule has 2 aliphatic heterocycles. The maximum Gasteiger partial charge on any atom is 0.243 e. The molecule has 1 atom stereocenters. The lowest BCUT2D eigenvalue weighted by Gasteiger charge is -2.36. The van der Waals surface area contributed by atoms with Crippen molar-refractivity contribution in [3.63, 3.8) is 0 Å². The molecule has 1 fully saturated rings. The molecule has 0 spiro atoms. The Morgan fingerprint density at radius 1 is 1.07 bits per heavy atom. The Hall–Kier alpha value is -2.58. The van der Waals surface area contributed by atoms with Crippen LogP contribution in [0, 0.1) is 5.92 Å². The summed E-state index contributed by atoms with van der Waals surface area (Å²) in [5.74, 6) is 1.28. The van der Waals surface area contributed by atoms with E-state index < -0.39 is 10.0 Å². The number of fused-ring (bicyclic) bond motifs is 1. The molecular weight excluding hydrogens is 404 g/mol. The third-order valence-corrected chi connectivity index (χ3v) is 7.46. The van der Waals surface area contributed by atoms with Gasteiger partial charge in [0.25, 0.3) is 0 Å². The maximum atomic E-state index is 13.0. The number of sulfonamides is 1. The van der Waals surface area contributed by atoms with Gasteiger partial charge < -0.3 is 14.4 Å².